The number of aliphatic hydroxyl groups is 1. The van der Waals surface area contributed by atoms with Crippen LogP contribution in [-0.2, 0) is 9.59 Å². The van der Waals surface area contributed by atoms with Crippen molar-refractivity contribution in [2.24, 2.45) is 11.3 Å². The topological polar surface area (TPSA) is 86.6 Å². The van der Waals surface area contributed by atoms with Gasteiger partial charge in [0.15, 0.2) is 6.10 Å². The van der Waals surface area contributed by atoms with Gasteiger partial charge in [-0.2, -0.15) is 0 Å². The molecule has 5 nitrogen and oxygen atoms in total. The second kappa shape index (κ2) is 5.49. The van der Waals surface area contributed by atoms with E-state index in [9.17, 15) is 9.59 Å². The molecular weight excluding hydrogens is 222 g/mol. The molecular formula is C12H21NO4. The molecule has 0 aromatic carbocycles. The van der Waals surface area contributed by atoms with Crippen LogP contribution < -0.4 is 5.32 Å². The van der Waals surface area contributed by atoms with E-state index in [1.165, 1.54) is 0 Å². The molecule has 98 valence electrons. The van der Waals surface area contributed by atoms with Crippen molar-refractivity contribution in [2.45, 2.75) is 45.6 Å². The largest absolute Gasteiger partial charge is 0.479 e. The van der Waals surface area contributed by atoms with Crippen molar-refractivity contribution in [2.75, 3.05) is 6.54 Å². The first-order valence-corrected chi connectivity index (χ1v) is 6.03. The Labute approximate surface area is 101 Å². The molecule has 1 aliphatic rings. The molecule has 0 saturated heterocycles. The predicted octanol–water partition coefficient (Wildman–Crippen LogP) is 0.764. The average molecular weight is 243 g/mol. The molecule has 1 rings (SSSR count). The van der Waals surface area contributed by atoms with Gasteiger partial charge in [0, 0.05) is 5.92 Å². The minimum absolute atomic E-state index is 0.0451. The van der Waals surface area contributed by atoms with Crippen LogP contribution in [0.5, 0.6) is 0 Å². The molecule has 0 spiro atoms. The number of carbonyl (C=O) groups excluding carboxylic acids is 1. The highest BCUT2D eigenvalue weighted by Crippen LogP contribution is 2.40. The monoisotopic (exact) mass is 243 g/mol. The smallest absolute Gasteiger partial charge is 0.334 e. The van der Waals surface area contributed by atoms with Gasteiger partial charge in [-0.25, -0.2) is 4.79 Å². The number of carbonyl (C=O) groups is 2. The van der Waals surface area contributed by atoms with E-state index in [1.54, 1.807) is 0 Å². The van der Waals surface area contributed by atoms with Crippen molar-refractivity contribution in [1.82, 2.24) is 5.32 Å². The maximum absolute atomic E-state index is 11.9. The summed E-state index contributed by atoms with van der Waals surface area (Å²) in [5, 5.41) is 20.1. The van der Waals surface area contributed by atoms with E-state index < -0.39 is 12.1 Å². The van der Waals surface area contributed by atoms with Crippen LogP contribution in [0.25, 0.3) is 0 Å². The fourth-order valence-electron chi connectivity index (χ4n) is 2.39. The van der Waals surface area contributed by atoms with Crippen molar-refractivity contribution in [3.63, 3.8) is 0 Å². The summed E-state index contributed by atoms with van der Waals surface area (Å²) in [6, 6.07) is 0. The maximum Gasteiger partial charge on any atom is 0.334 e. The first-order chi connectivity index (χ1) is 7.84. The summed E-state index contributed by atoms with van der Waals surface area (Å²) in [4.78, 5) is 22.3. The number of nitrogens with one attached hydrogen (secondary N) is 1. The van der Waals surface area contributed by atoms with E-state index in [2.05, 4.69) is 19.2 Å². The maximum atomic E-state index is 11.9. The number of aliphatic hydroxyl groups excluding tert-OH is 1. The van der Waals surface area contributed by atoms with Crippen molar-refractivity contribution in [1.29, 1.82) is 0 Å². The minimum atomic E-state index is -1.52. The van der Waals surface area contributed by atoms with Gasteiger partial charge in [-0.3, -0.25) is 4.79 Å². The Hall–Kier alpha value is -1.10. The SMILES string of the molecule is CC1(C)CCCCC1C(=O)NC[C@H](O)C(=O)O. The normalized spacial score (nSPS) is 25.0. The molecule has 0 radical (unpaired) electrons. The van der Waals surface area contributed by atoms with Crippen LogP contribution in [0.4, 0.5) is 0 Å². The summed E-state index contributed by atoms with van der Waals surface area (Å²) in [5.74, 6) is -1.54. The highest BCUT2D eigenvalue weighted by atomic mass is 16.4. The highest BCUT2D eigenvalue weighted by molar-refractivity contribution is 5.80. The van der Waals surface area contributed by atoms with Crippen molar-refractivity contribution < 1.29 is 19.8 Å². The Bertz CT molecular complexity index is 301. The molecule has 1 fully saturated rings. The van der Waals surface area contributed by atoms with E-state index in [0.29, 0.717) is 0 Å². The average Bonchev–Trinajstić information content (AvgIpc) is 2.24. The Morgan fingerprint density at radius 3 is 2.59 bits per heavy atom. The van der Waals surface area contributed by atoms with Gasteiger partial charge >= 0.3 is 5.97 Å². The first-order valence-electron chi connectivity index (χ1n) is 6.03. The predicted molar refractivity (Wildman–Crippen MR) is 62.4 cm³/mol. The number of hydrogen-bond donors (Lipinski definition) is 3. The molecule has 1 amide bonds. The number of hydrogen-bond acceptors (Lipinski definition) is 3. The number of amides is 1. The van der Waals surface area contributed by atoms with E-state index in [4.69, 9.17) is 10.2 Å². The lowest BCUT2D eigenvalue weighted by Gasteiger charge is -2.37. The van der Waals surface area contributed by atoms with Crippen LogP contribution in [0.1, 0.15) is 39.5 Å². The third-order valence-electron chi connectivity index (χ3n) is 3.58. The zero-order valence-electron chi connectivity index (χ0n) is 10.4. The molecule has 17 heavy (non-hydrogen) atoms. The van der Waals surface area contributed by atoms with Crippen LogP contribution >= 0.6 is 0 Å². The molecule has 1 aliphatic carbocycles. The van der Waals surface area contributed by atoms with Crippen LogP contribution in [0.2, 0.25) is 0 Å². The number of aliphatic carboxylic acids is 1. The second-order valence-electron chi connectivity index (χ2n) is 5.39. The molecule has 0 heterocycles. The van der Waals surface area contributed by atoms with Gasteiger partial charge in [0.25, 0.3) is 0 Å². The van der Waals surface area contributed by atoms with Crippen LogP contribution in [0, 0.1) is 11.3 Å². The van der Waals surface area contributed by atoms with Crippen molar-refractivity contribution in [3.05, 3.63) is 0 Å². The van der Waals surface area contributed by atoms with Gasteiger partial charge in [-0.05, 0) is 18.3 Å². The molecule has 2 atom stereocenters. The van der Waals surface area contributed by atoms with Crippen LogP contribution in [0.15, 0.2) is 0 Å². The van der Waals surface area contributed by atoms with E-state index in [-0.39, 0.29) is 23.8 Å². The summed E-state index contributed by atoms with van der Waals surface area (Å²) >= 11 is 0. The summed E-state index contributed by atoms with van der Waals surface area (Å²) in [5.41, 5.74) is -0.0451. The number of carboxylic acid groups (broad SMARTS) is 1. The molecule has 1 saturated carbocycles. The summed E-state index contributed by atoms with van der Waals surface area (Å²) < 4.78 is 0. The molecule has 0 aromatic heterocycles. The third kappa shape index (κ3) is 3.70. The lowest BCUT2D eigenvalue weighted by atomic mass is 9.68. The fourth-order valence-corrected chi connectivity index (χ4v) is 2.39. The van der Waals surface area contributed by atoms with Crippen LogP contribution in [0.3, 0.4) is 0 Å². The van der Waals surface area contributed by atoms with Gasteiger partial charge in [-0.1, -0.05) is 26.7 Å². The molecule has 5 heteroatoms. The Morgan fingerprint density at radius 1 is 1.41 bits per heavy atom. The van der Waals surface area contributed by atoms with Gasteiger partial charge in [0.05, 0.1) is 6.54 Å². The molecule has 3 N–H and O–H groups in total. The highest BCUT2D eigenvalue weighted by Gasteiger charge is 2.37. The minimum Gasteiger partial charge on any atom is -0.479 e. The molecule has 0 aliphatic heterocycles. The quantitative estimate of drug-likeness (QED) is 0.680. The Kier molecular flexibility index (Phi) is 4.51. The molecule has 0 bridgehead atoms. The van der Waals surface area contributed by atoms with Gasteiger partial charge in [0.1, 0.15) is 0 Å². The van der Waals surface area contributed by atoms with E-state index >= 15 is 0 Å². The standard InChI is InChI=1S/C12H21NO4/c1-12(2)6-4-3-5-8(12)10(15)13-7-9(14)11(16)17/h8-9,14H,3-7H2,1-2H3,(H,13,15)(H,16,17)/t8?,9-/m0/s1. The van der Waals surface area contributed by atoms with E-state index in [1.807, 2.05) is 0 Å². The molecule has 1 unspecified atom stereocenters. The zero-order valence-corrected chi connectivity index (χ0v) is 10.4. The number of carboxylic acids is 1. The second-order valence-corrected chi connectivity index (χ2v) is 5.39. The van der Waals surface area contributed by atoms with Crippen LogP contribution in [-0.4, -0.2) is 34.7 Å². The fraction of sp³-hybridized carbons (Fsp3) is 0.833. The van der Waals surface area contributed by atoms with E-state index in [0.717, 1.165) is 25.7 Å². The van der Waals surface area contributed by atoms with Gasteiger partial charge < -0.3 is 15.5 Å². The lowest BCUT2D eigenvalue weighted by Crippen LogP contribution is -2.44. The Morgan fingerprint density at radius 2 is 2.06 bits per heavy atom. The Balaban J connectivity index is 2.49. The lowest BCUT2D eigenvalue weighted by molar-refractivity contribution is -0.146. The van der Waals surface area contributed by atoms with Gasteiger partial charge in [0.2, 0.25) is 5.91 Å². The van der Waals surface area contributed by atoms with Gasteiger partial charge in [-0.15, -0.1) is 0 Å². The van der Waals surface area contributed by atoms with Crippen molar-refractivity contribution in [3.8, 4) is 0 Å². The number of rotatable bonds is 4. The molecule has 0 aromatic rings. The van der Waals surface area contributed by atoms with Crippen molar-refractivity contribution >= 4 is 11.9 Å². The summed E-state index contributed by atoms with van der Waals surface area (Å²) in [6.07, 6.45) is 2.48. The zero-order chi connectivity index (χ0) is 13.1. The third-order valence-corrected chi connectivity index (χ3v) is 3.58. The first kappa shape index (κ1) is 14.0. The summed E-state index contributed by atoms with van der Waals surface area (Å²) in [7, 11) is 0. The summed E-state index contributed by atoms with van der Waals surface area (Å²) in [6.45, 7) is 3.90.